The molecule has 1 spiro atoms. The van der Waals surface area contributed by atoms with Crippen molar-refractivity contribution in [3.05, 3.63) is 18.0 Å². The highest BCUT2D eigenvalue weighted by Gasteiger charge is 2.56. The number of amides is 3. The summed E-state index contributed by atoms with van der Waals surface area (Å²) >= 11 is 0. The topological polar surface area (TPSA) is 101 Å². The molecule has 2 aliphatic rings. The quantitative estimate of drug-likeness (QED) is 0.716. The summed E-state index contributed by atoms with van der Waals surface area (Å²) in [7, 11) is 1.60. The van der Waals surface area contributed by atoms with Gasteiger partial charge in [-0.15, -0.1) is 0 Å². The van der Waals surface area contributed by atoms with Gasteiger partial charge in [-0.3, -0.25) is 14.6 Å². The van der Waals surface area contributed by atoms with Crippen LogP contribution in [0.5, 0.6) is 0 Å². The van der Waals surface area contributed by atoms with E-state index in [1.54, 1.807) is 13.2 Å². The minimum absolute atomic E-state index is 0.0526. The van der Waals surface area contributed by atoms with Crippen molar-refractivity contribution >= 4 is 28.9 Å². The van der Waals surface area contributed by atoms with E-state index in [0.29, 0.717) is 19.4 Å². The summed E-state index contributed by atoms with van der Waals surface area (Å²) in [6, 6.07) is 1.98. The molecule has 2 fully saturated rings. The van der Waals surface area contributed by atoms with Crippen LogP contribution in [-0.2, 0) is 17.9 Å². The highest BCUT2D eigenvalue weighted by molar-refractivity contribution is 6.06. The van der Waals surface area contributed by atoms with Crippen molar-refractivity contribution in [2.24, 2.45) is 5.41 Å². The van der Waals surface area contributed by atoms with E-state index in [0.717, 1.165) is 43.6 Å². The number of anilines is 1. The van der Waals surface area contributed by atoms with E-state index >= 15 is 0 Å². The van der Waals surface area contributed by atoms with Gasteiger partial charge in [0.2, 0.25) is 5.95 Å². The van der Waals surface area contributed by atoms with Gasteiger partial charge in [0.25, 0.3) is 5.91 Å². The van der Waals surface area contributed by atoms with Gasteiger partial charge in [0.15, 0.2) is 0 Å². The average Bonchev–Trinajstić information content (AvgIpc) is 3.13. The smallest absolute Gasteiger partial charge is 0.327 e. The van der Waals surface area contributed by atoms with Gasteiger partial charge in [0, 0.05) is 57.0 Å². The largest absolute Gasteiger partial charge is 0.368 e. The van der Waals surface area contributed by atoms with Gasteiger partial charge < -0.3 is 15.2 Å². The van der Waals surface area contributed by atoms with Gasteiger partial charge in [-0.1, -0.05) is 27.7 Å². The number of hydrogen-bond donors (Lipinski definition) is 1. The van der Waals surface area contributed by atoms with Crippen molar-refractivity contribution in [1.29, 1.82) is 0 Å². The van der Waals surface area contributed by atoms with Gasteiger partial charge in [0.05, 0.1) is 0 Å². The van der Waals surface area contributed by atoms with Crippen molar-refractivity contribution in [1.82, 2.24) is 29.2 Å². The first kappa shape index (κ1) is 22.5. The Morgan fingerprint density at radius 1 is 1.19 bits per heavy atom. The second kappa shape index (κ2) is 8.03. The molecule has 32 heavy (non-hydrogen) atoms. The van der Waals surface area contributed by atoms with Crippen LogP contribution in [0.1, 0.15) is 52.7 Å². The number of piperidine rings is 1. The van der Waals surface area contributed by atoms with Crippen LogP contribution in [0.2, 0.25) is 0 Å². The zero-order valence-corrected chi connectivity index (χ0v) is 19.9. The van der Waals surface area contributed by atoms with E-state index < -0.39 is 5.54 Å². The van der Waals surface area contributed by atoms with E-state index in [1.165, 1.54) is 10.6 Å². The number of imide groups is 1. The molecular weight excluding hydrogens is 406 g/mol. The first-order valence-corrected chi connectivity index (χ1v) is 11.5. The standard InChI is InChI=1S/C23H35N7O2/c1-6-9-30-21(32)27(5)19(31)23(30)7-10-28(11-8-23)14-17-12-16-13-25-20(24)26-18(16)29(17)15-22(2,3)4/h12-13H,6-11,14-15H2,1-5H3,(H2,24,25,26). The van der Waals surface area contributed by atoms with Gasteiger partial charge >= 0.3 is 6.03 Å². The van der Waals surface area contributed by atoms with Crippen molar-refractivity contribution in [2.75, 3.05) is 32.4 Å². The van der Waals surface area contributed by atoms with Crippen LogP contribution in [0, 0.1) is 5.41 Å². The number of fused-ring (bicyclic) bond motifs is 1. The summed E-state index contributed by atoms with van der Waals surface area (Å²) < 4.78 is 2.25. The van der Waals surface area contributed by atoms with Gasteiger partial charge in [-0.25, -0.2) is 9.78 Å². The van der Waals surface area contributed by atoms with Crippen LogP contribution in [0.4, 0.5) is 10.7 Å². The predicted molar refractivity (Wildman–Crippen MR) is 124 cm³/mol. The number of rotatable bonds is 5. The summed E-state index contributed by atoms with van der Waals surface area (Å²) in [4.78, 5) is 39.8. The number of hydrogen-bond acceptors (Lipinski definition) is 6. The fourth-order valence-electron chi connectivity index (χ4n) is 5.09. The molecule has 0 unspecified atom stereocenters. The van der Waals surface area contributed by atoms with E-state index in [4.69, 9.17) is 5.73 Å². The Hall–Kier alpha value is -2.68. The third-order valence-corrected chi connectivity index (χ3v) is 6.62. The van der Waals surface area contributed by atoms with Gasteiger partial charge in [-0.05, 0) is 30.7 Å². The molecule has 9 nitrogen and oxygen atoms in total. The van der Waals surface area contributed by atoms with E-state index in [2.05, 4.69) is 46.3 Å². The van der Waals surface area contributed by atoms with E-state index in [9.17, 15) is 9.59 Å². The number of carbonyl (C=O) groups is 2. The number of nitrogens with zero attached hydrogens (tertiary/aromatic N) is 6. The fourth-order valence-corrected chi connectivity index (χ4v) is 5.09. The molecule has 0 atom stereocenters. The highest BCUT2D eigenvalue weighted by atomic mass is 16.2. The Balaban J connectivity index is 1.56. The molecule has 174 valence electrons. The second-order valence-corrected chi connectivity index (χ2v) is 10.4. The van der Waals surface area contributed by atoms with Crippen molar-refractivity contribution < 1.29 is 9.59 Å². The lowest BCUT2D eigenvalue weighted by molar-refractivity contribution is -0.134. The van der Waals surface area contributed by atoms with Crippen LogP contribution >= 0.6 is 0 Å². The van der Waals surface area contributed by atoms with Gasteiger partial charge in [-0.2, -0.15) is 4.98 Å². The van der Waals surface area contributed by atoms with Crippen LogP contribution in [0.15, 0.2) is 12.3 Å². The Morgan fingerprint density at radius 2 is 1.88 bits per heavy atom. The summed E-state index contributed by atoms with van der Waals surface area (Å²) in [6.45, 7) is 12.4. The summed E-state index contributed by atoms with van der Waals surface area (Å²) in [6.07, 6.45) is 3.95. The zero-order chi connectivity index (χ0) is 23.3. The molecule has 2 N–H and O–H groups in total. The minimum Gasteiger partial charge on any atom is -0.368 e. The maximum Gasteiger partial charge on any atom is 0.327 e. The molecule has 4 heterocycles. The summed E-state index contributed by atoms with van der Waals surface area (Å²) in [5.41, 5.74) is 7.30. The lowest BCUT2D eigenvalue weighted by atomic mass is 9.85. The third kappa shape index (κ3) is 3.83. The van der Waals surface area contributed by atoms with Crippen molar-refractivity contribution in [3.63, 3.8) is 0 Å². The molecule has 3 amide bonds. The monoisotopic (exact) mass is 441 g/mol. The Bertz CT molecular complexity index is 1030. The number of urea groups is 1. The summed E-state index contributed by atoms with van der Waals surface area (Å²) in [5, 5.41) is 0.985. The molecule has 0 saturated carbocycles. The normalized spacial score (nSPS) is 19.7. The van der Waals surface area contributed by atoms with Crippen molar-refractivity contribution in [2.45, 2.75) is 65.6 Å². The molecule has 2 aromatic rings. The predicted octanol–water partition coefficient (Wildman–Crippen LogP) is 2.70. The Kier molecular flexibility index (Phi) is 5.65. The fraction of sp³-hybridized carbons (Fsp3) is 0.652. The Morgan fingerprint density at radius 3 is 2.50 bits per heavy atom. The molecule has 2 saturated heterocycles. The molecule has 4 rings (SSSR count). The first-order chi connectivity index (χ1) is 15.1. The number of likely N-dealkylation sites (N-methyl/N-ethyl adjacent to an activating group) is 1. The summed E-state index contributed by atoms with van der Waals surface area (Å²) in [5.74, 6) is 0.227. The number of nitrogens with two attached hydrogens (primary N) is 1. The number of carbonyl (C=O) groups excluding carboxylic acids is 2. The highest BCUT2D eigenvalue weighted by Crippen LogP contribution is 2.37. The Labute approximate surface area is 189 Å². The lowest BCUT2D eigenvalue weighted by Crippen LogP contribution is -2.56. The molecule has 2 aromatic heterocycles. The zero-order valence-electron chi connectivity index (χ0n) is 19.9. The molecule has 0 radical (unpaired) electrons. The molecule has 2 aliphatic heterocycles. The van der Waals surface area contributed by atoms with Crippen LogP contribution in [-0.4, -0.2) is 73.4 Å². The van der Waals surface area contributed by atoms with Crippen LogP contribution in [0.3, 0.4) is 0 Å². The van der Waals surface area contributed by atoms with E-state index in [-0.39, 0.29) is 23.3 Å². The molecule has 9 heteroatoms. The third-order valence-electron chi connectivity index (χ3n) is 6.62. The SMILES string of the molecule is CCCN1C(=O)N(C)C(=O)C12CCN(Cc1cc3cnc(N)nc3n1CC(C)(C)C)CC2. The van der Waals surface area contributed by atoms with Gasteiger partial charge in [0.1, 0.15) is 11.2 Å². The number of nitrogen functional groups attached to an aromatic ring is 1. The second-order valence-electron chi connectivity index (χ2n) is 10.4. The number of likely N-dealkylation sites (tertiary alicyclic amines) is 1. The average molecular weight is 442 g/mol. The molecular formula is C23H35N7O2. The molecule has 0 aliphatic carbocycles. The van der Waals surface area contributed by atoms with Crippen molar-refractivity contribution in [3.8, 4) is 0 Å². The molecule has 0 bridgehead atoms. The first-order valence-electron chi connectivity index (χ1n) is 11.5. The maximum absolute atomic E-state index is 13.0. The number of aromatic nitrogens is 3. The maximum atomic E-state index is 13.0. The van der Waals surface area contributed by atoms with E-state index in [1.807, 2.05) is 11.8 Å². The minimum atomic E-state index is -0.684. The molecule has 0 aromatic carbocycles. The van der Waals surface area contributed by atoms with Crippen LogP contribution < -0.4 is 5.73 Å². The lowest BCUT2D eigenvalue weighted by Gasteiger charge is -2.42. The van der Waals surface area contributed by atoms with Crippen LogP contribution in [0.25, 0.3) is 11.0 Å².